The lowest BCUT2D eigenvalue weighted by Crippen LogP contribution is -2.35. The second-order valence-corrected chi connectivity index (χ2v) is 4.21. The number of nitrogens with one attached hydrogen (secondary N) is 1. The van der Waals surface area contributed by atoms with Crippen LogP contribution in [0.4, 0.5) is 0 Å². The second-order valence-electron chi connectivity index (χ2n) is 4.21. The maximum Gasteiger partial charge on any atom is 0.305 e. The highest BCUT2D eigenvalue weighted by molar-refractivity contribution is 5.81. The molecule has 1 rings (SSSR count). The van der Waals surface area contributed by atoms with Crippen LogP contribution < -0.4 is 5.32 Å². The van der Waals surface area contributed by atoms with Crippen LogP contribution in [0.1, 0.15) is 39.5 Å². The molecule has 2 unspecified atom stereocenters. The lowest BCUT2D eigenvalue weighted by Gasteiger charge is -2.11. The quantitative estimate of drug-likeness (QED) is 0.558. The van der Waals surface area contributed by atoms with E-state index in [-0.39, 0.29) is 24.1 Å². The Morgan fingerprint density at radius 3 is 2.76 bits per heavy atom. The fourth-order valence-electron chi connectivity index (χ4n) is 1.79. The highest BCUT2D eigenvalue weighted by atomic mass is 16.5. The Morgan fingerprint density at radius 2 is 2.18 bits per heavy atom. The minimum Gasteiger partial charge on any atom is -0.466 e. The van der Waals surface area contributed by atoms with Gasteiger partial charge in [0.05, 0.1) is 12.7 Å². The molecule has 1 amide bonds. The van der Waals surface area contributed by atoms with Gasteiger partial charge >= 0.3 is 5.97 Å². The standard InChI is InChI=1S/C12H21NO4/c1-3-16-11(14)5-4-8-13-12(15)10-7-6-9(2)17-10/h9-10H,3-8H2,1-2H3,(H,13,15). The molecule has 98 valence electrons. The van der Waals surface area contributed by atoms with Gasteiger partial charge in [-0.15, -0.1) is 0 Å². The van der Waals surface area contributed by atoms with Gasteiger partial charge in [0.2, 0.25) is 5.91 Å². The van der Waals surface area contributed by atoms with E-state index in [0.29, 0.717) is 26.0 Å². The van der Waals surface area contributed by atoms with Crippen molar-refractivity contribution in [3.05, 3.63) is 0 Å². The molecule has 1 N–H and O–H groups in total. The molecule has 0 bridgehead atoms. The normalized spacial score (nSPS) is 23.4. The van der Waals surface area contributed by atoms with Gasteiger partial charge in [-0.2, -0.15) is 0 Å². The largest absolute Gasteiger partial charge is 0.466 e. The van der Waals surface area contributed by atoms with Crippen molar-refractivity contribution in [1.29, 1.82) is 0 Å². The van der Waals surface area contributed by atoms with Gasteiger partial charge in [-0.25, -0.2) is 0 Å². The summed E-state index contributed by atoms with van der Waals surface area (Å²) in [5.74, 6) is -0.286. The van der Waals surface area contributed by atoms with Crippen molar-refractivity contribution in [3.63, 3.8) is 0 Å². The first kappa shape index (κ1) is 14.0. The number of hydrogen-bond acceptors (Lipinski definition) is 4. The van der Waals surface area contributed by atoms with E-state index >= 15 is 0 Å². The Hall–Kier alpha value is -1.10. The zero-order chi connectivity index (χ0) is 12.7. The van der Waals surface area contributed by atoms with Crippen molar-refractivity contribution in [2.75, 3.05) is 13.2 Å². The first-order chi connectivity index (χ1) is 8.13. The van der Waals surface area contributed by atoms with Gasteiger partial charge in [0, 0.05) is 13.0 Å². The van der Waals surface area contributed by atoms with E-state index < -0.39 is 0 Å². The maximum atomic E-state index is 11.6. The molecule has 0 radical (unpaired) electrons. The first-order valence-corrected chi connectivity index (χ1v) is 6.22. The zero-order valence-corrected chi connectivity index (χ0v) is 10.5. The van der Waals surface area contributed by atoms with Crippen LogP contribution in [-0.2, 0) is 19.1 Å². The van der Waals surface area contributed by atoms with Crippen molar-refractivity contribution >= 4 is 11.9 Å². The Balaban J connectivity index is 2.06. The molecule has 17 heavy (non-hydrogen) atoms. The molecule has 1 heterocycles. The molecule has 1 aliphatic heterocycles. The second kappa shape index (κ2) is 7.27. The SMILES string of the molecule is CCOC(=O)CCCNC(=O)C1CCC(C)O1. The van der Waals surface area contributed by atoms with Gasteiger partial charge in [-0.1, -0.05) is 0 Å². The Kier molecular flexibility index (Phi) is 5.97. The average Bonchev–Trinajstić information content (AvgIpc) is 2.71. The number of rotatable bonds is 6. The molecular weight excluding hydrogens is 222 g/mol. The summed E-state index contributed by atoms with van der Waals surface area (Å²) in [4.78, 5) is 22.6. The fraction of sp³-hybridized carbons (Fsp3) is 0.833. The Morgan fingerprint density at radius 1 is 1.41 bits per heavy atom. The third-order valence-corrected chi connectivity index (χ3v) is 2.69. The van der Waals surface area contributed by atoms with E-state index in [2.05, 4.69) is 5.32 Å². The topological polar surface area (TPSA) is 64.6 Å². The highest BCUT2D eigenvalue weighted by Gasteiger charge is 2.27. The number of carbonyl (C=O) groups excluding carboxylic acids is 2. The van der Waals surface area contributed by atoms with E-state index in [1.165, 1.54) is 0 Å². The predicted molar refractivity (Wildman–Crippen MR) is 62.4 cm³/mol. The molecule has 0 aromatic rings. The van der Waals surface area contributed by atoms with Crippen LogP contribution in [0.25, 0.3) is 0 Å². The fourth-order valence-corrected chi connectivity index (χ4v) is 1.79. The summed E-state index contributed by atoms with van der Waals surface area (Å²) in [6.45, 7) is 4.64. The number of esters is 1. The molecule has 1 fully saturated rings. The molecule has 0 aliphatic carbocycles. The van der Waals surface area contributed by atoms with E-state index in [0.717, 1.165) is 12.8 Å². The maximum absolute atomic E-state index is 11.6. The van der Waals surface area contributed by atoms with Crippen LogP contribution in [0, 0.1) is 0 Å². The van der Waals surface area contributed by atoms with E-state index in [4.69, 9.17) is 9.47 Å². The van der Waals surface area contributed by atoms with Crippen LogP contribution in [0.15, 0.2) is 0 Å². The number of hydrogen-bond donors (Lipinski definition) is 1. The summed E-state index contributed by atoms with van der Waals surface area (Å²) in [6, 6.07) is 0. The predicted octanol–water partition coefficient (Wildman–Crippen LogP) is 1.01. The van der Waals surface area contributed by atoms with Crippen molar-refractivity contribution < 1.29 is 19.1 Å². The van der Waals surface area contributed by atoms with Crippen LogP contribution >= 0.6 is 0 Å². The van der Waals surface area contributed by atoms with Crippen molar-refractivity contribution in [1.82, 2.24) is 5.32 Å². The molecule has 1 aliphatic rings. The van der Waals surface area contributed by atoms with Gasteiger partial charge in [0.1, 0.15) is 6.10 Å². The van der Waals surface area contributed by atoms with Gasteiger partial charge in [0.25, 0.3) is 0 Å². The van der Waals surface area contributed by atoms with Crippen LogP contribution in [0.3, 0.4) is 0 Å². The summed E-state index contributed by atoms with van der Waals surface area (Å²) in [6.07, 6.45) is 2.52. The minimum absolute atomic E-state index is 0.0711. The van der Waals surface area contributed by atoms with Crippen LogP contribution in [-0.4, -0.2) is 37.2 Å². The summed E-state index contributed by atoms with van der Waals surface area (Å²) in [7, 11) is 0. The Labute approximate surface area is 102 Å². The molecule has 5 heteroatoms. The van der Waals surface area contributed by atoms with Crippen molar-refractivity contribution in [2.24, 2.45) is 0 Å². The lowest BCUT2D eigenvalue weighted by molar-refractivity contribution is -0.143. The molecule has 0 aromatic carbocycles. The first-order valence-electron chi connectivity index (χ1n) is 6.22. The summed E-state index contributed by atoms with van der Waals surface area (Å²) in [5, 5.41) is 2.77. The summed E-state index contributed by atoms with van der Waals surface area (Å²) < 4.78 is 10.2. The number of carbonyl (C=O) groups is 2. The van der Waals surface area contributed by atoms with Gasteiger partial charge < -0.3 is 14.8 Å². The van der Waals surface area contributed by atoms with Crippen LogP contribution in [0.2, 0.25) is 0 Å². The van der Waals surface area contributed by atoms with Crippen LogP contribution in [0.5, 0.6) is 0 Å². The lowest BCUT2D eigenvalue weighted by atomic mass is 10.2. The monoisotopic (exact) mass is 243 g/mol. The Bertz CT molecular complexity index is 267. The highest BCUT2D eigenvalue weighted by Crippen LogP contribution is 2.18. The summed E-state index contributed by atoms with van der Waals surface area (Å²) >= 11 is 0. The number of amides is 1. The van der Waals surface area contributed by atoms with E-state index in [1.807, 2.05) is 6.92 Å². The number of ether oxygens (including phenoxy) is 2. The molecular formula is C12H21NO4. The third-order valence-electron chi connectivity index (χ3n) is 2.69. The zero-order valence-electron chi connectivity index (χ0n) is 10.5. The van der Waals surface area contributed by atoms with Crippen molar-refractivity contribution in [2.45, 2.75) is 51.7 Å². The van der Waals surface area contributed by atoms with Gasteiger partial charge in [-0.3, -0.25) is 9.59 Å². The summed E-state index contributed by atoms with van der Waals surface area (Å²) in [5.41, 5.74) is 0. The van der Waals surface area contributed by atoms with E-state index in [9.17, 15) is 9.59 Å². The molecule has 0 spiro atoms. The third kappa shape index (κ3) is 5.17. The molecule has 0 aromatic heterocycles. The average molecular weight is 243 g/mol. The molecule has 2 atom stereocenters. The van der Waals surface area contributed by atoms with Gasteiger partial charge in [0.15, 0.2) is 0 Å². The van der Waals surface area contributed by atoms with Crippen molar-refractivity contribution in [3.8, 4) is 0 Å². The minimum atomic E-state index is -0.312. The molecule has 5 nitrogen and oxygen atoms in total. The van der Waals surface area contributed by atoms with E-state index in [1.54, 1.807) is 6.92 Å². The molecule has 1 saturated heterocycles. The molecule has 0 saturated carbocycles. The smallest absolute Gasteiger partial charge is 0.305 e. The van der Waals surface area contributed by atoms with Gasteiger partial charge in [-0.05, 0) is 33.1 Å².